The molecule has 7 heteroatoms. The van der Waals surface area contributed by atoms with Crippen molar-refractivity contribution in [2.75, 3.05) is 31.2 Å². The Morgan fingerprint density at radius 2 is 2.00 bits per heavy atom. The molecule has 1 saturated heterocycles. The van der Waals surface area contributed by atoms with E-state index in [2.05, 4.69) is 28.7 Å². The number of amides is 1. The SMILES string of the molecule is CC1(C)c2cc(N3CCOCC3)ncc2C(=O)c2c1[nH]c1cc(C(N)=O)ccc21. The van der Waals surface area contributed by atoms with Crippen LogP contribution in [0.4, 0.5) is 5.82 Å². The molecule has 2 aromatic heterocycles. The molecule has 3 heterocycles. The van der Waals surface area contributed by atoms with Gasteiger partial charge in [-0.15, -0.1) is 0 Å². The number of carbonyl (C=O) groups is 2. The maximum atomic E-state index is 13.4. The van der Waals surface area contributed by atoms with E-state index in [-0.39, 0.29) is 5.78 Å². The van der Waals surface area contributed by atoms with Crippen LogP contribution in [0.15, 0.2) is 30.5 Å². The van der Waals surface area contributed by atoms with Crippen LogP contribution in [0.2, 0.25) is 0 Å². The number of hydrogen-bond acceptors (Lipinski definition) is 5. The number of pyridine rings is 1. The highest BCUT2D eigenvalue weighted by molar-refractivity contribution is 6.20. The molecule has 0 unspecified atom stereocenters. The van der Waals surface area contributed by atoms with Gasteiger partial charge in [-0.3, -0.25) is 9.59 Å². The monoisotopic (exact) mass is 390 g/mol. The highest BCUT2D eigenvalue weighted by Gasteiger charge is 2.40. The molecule has 2 aliphatic rings. The molecule has 1 aliphatic carbocycles. The van der Waals surface area contributed by atoms with Gasteiger partial charge in [0.05, 0.1) is 18.8 Å². The summed E-state index contributed by atoms with van der Waals surface area (Å²) in [4.78, 5) is 35.1. The van der Waals surface area contributed by atoms with E-state index < -0.39 is 11.3 Å². The van der Waals surface area contributed by atoms with Crippen molar-refractivity contribution in [1.29, 1.82) is 0 Å². The molecule has 0 radical (unpaired) electrons. The van der Waals surface area contributed by atoms with Gasteiger partial charge in [0.15, 0.2) is 5.78 Å². The number of nitrogens with two attached hydrogens (primary N) is 1. The summed E-state index contributed by atoms with van der Waals surface area (Å²) in [5.41, 5.74) is 9.23. The predicted molar refractivity (Wildman–Crippen MR) is 110 cm³/mol. The minimum Gasteiger partial charge on any atom is -0.378 e. The summed E-state index contributed by atoms with van der Waals surface area (Å²) >= 11 is 0. The third-order valence-corrected chi connectivity index (χ3v) is 6.08. The number of aromatic amines is 1. The van der Waals surface area contributed by atoms with Crippen molar-refractivity contribution in [2.45, 2.75) is 19.3 Å². The zero-order valence-electron chi connectivity index (χ0n) is 16.4. The van der Waals surface area contributed by atoms with Crippen LogP contribution in [0.3, 0.4) is 0 Å². The number of benzene rings is 1. The van der Waals surface area contributed by atoms with Crippen molar-refractivity contribution >= 4 is 28.4 Å². The van der Waals surface area contributed by atoms with E-state index in [1.54, 1.807) is 24.4 Å². The number of carbonyl (C=O) groups excluding carboxylic acids is 2. The first-order valence-corrected chi connectivity index (χ1v) is 9.72. The second-order valence-corrected chi connectivity index (χ2v) is 8.14. The van der Waals surface area contributed by atoms with Crippen LogP contribution in [-0.2, 0) is 10.2 Å². The summed E-state index contributed by atoms with van der Waals surface area (Å²) < 4.78 is 5.44. The number of morpholine rings is 1. The quantitative estimate of drug-likeness (QED) is 0.700. The lowest BCUT2D eigenvalue weighted by Gasteiger charge is -2.34. The number of ketones is 1. The number of hydrogen-bond donors (Lipinski definition) is 2. The van der Waals surface area contributed by atoms with E-state index in [0.717, 1.165) is 41.1 Å². The maximum absolute atomic E-state index is 13.4. The molecule has 29 heavy (non-hydrogen) atoms. The fourth-order valence-corrected chi connectivity index (χ4v) is 4.43. The first-order chi connectivity index (χ1) is 13.9. The van der Waals surface area contributed by atoms with E-state index >= 15 is 0 Å². The lowest BCUT2D eigenvalue weighted by atomic mass is 9.72. The van der Waals surface area contributed by atoms with Gasteiger partial charge in [-0.1, -0.05) is 19.9 Å². The van der Waals surface area contributed by atoms with E-state index in [4.69, 9.17) is 10.5 Å². The highest BCUT2D eigenvalue weighted by Crippen LogP contribution is 2.44. The maximum Gasteiger partial charge on any atom is 0.248 e. The molecule has 3 aromatic rings. The van der Waals surface area contributed by atoms with Crippen LogP contribution in [-0.4, -0.2) is 48.0 Å². The predicted octanol–water partition coefficient (Wildman–Crippen LogP) is 2.37. The number of rotatable bonds is 2. The lowest BCUT2D eigenvalue weighted by Crippen LogP contribution is -2.37. The zero-order valence-corrected chi connectivity index (χ0v) is 16.4. The summed E-state index contributed by atoms with van der Waals surface area (Å²) in [7, 11) is 0. The molecule has 1 amide bonds. The van der Waals surface area contributed by atoms with Gasteiger partial charge in [-0.05, 0) is 23.8 Å². The molecular formula is C22H22N4O3. The summed E-state index contributed by atoms with van der Waals surface area (Å²) in [5.74, 6) is 0.324. The summed E-state index contributed by atoms with van der Waals surface area (Å²) in [6.07, 6.45) is 1.70. The highest BCUT2D eigenvalue weighted by atomic mass is 16.5. The Hall–Kier alpha value is -3.19. The van der Waals surface area contributed by atoms with Crippen molar-refractivity contribution in [3.8, 4) is 0 Å². The van der Waals surface area contributed by atoms with Gasteiger partial charge < -0.3 is 20.4 Å². The number of fused-ring (bicyclic) bond motifs is 4. The summed E-state index contributed by atoms with van der Waals surface area (Å²) in [6, 6.07) is 7.19. The van der Waals surface area contributed by atoms with E-state index in [1.807, 2.05) is 6.07 Å². The third kappa shape index (κ3) is 2.57. The first kappa shape index (κ1) is 17.9. The smallest absolute Gasteiger partial charge is 0.248 e. The third-order valence-electron chi connectivity index (χ3n) is 6.08. The number of anilines is 1. The molecule has 1 aromatic carbocycles. The van der Waals surface area contributed by atoms with Crippen LogP contribution in [0.5, 0.6) is 0 Å². The second-order valence-electron chi connectivity index (χ2n) is 8.14. The first-order valence-electron chi connectivity index (χ1n) is 9.72. The van der Waals surface area contributed by atoms with Gasteiger partial charge in [-0.25, -0.2) is 4.98 Å². The van der Waals surface area contributed by atoms with Crippen LogP contribution in [0, 0.1) is 0 Å². The summed E-state index contributed by atoms with van der Waals surface area (Å²) in [6.45, 7) is 7.13. The Kier molecular flexibility index (Phi) is 3.79. The molecule has 1 aliphatic heterocycles. The van der Waals surface area contributed by atoms with Gasteiger partial charge in [-0.2, -0.15) is 0 Å². The molecular weight excluding hydrogens is 368 g/mol. The number of nitrogens with zero attached hydrogens (tertiary/aromatic N) is 2. The zero-order chi connectivity index (χ0) is 20.3. The average molecular weight is 390 g/mol. The topological polar surface area (TPSA) is 101 Å². The van der Waals surface area contributed by atoms with Crippen molar-refractivity contribution < 1.29 is 14.3 Å². The van der Waals surface area contributed by atoms with Crippen molar-refractivity contribution in [1.82, 2.24) is 9.97 Å². The fraction of sp³-hybridized carbons (Fsp3) is 0.318. The van der Waals surface area contributed by atoms with Gasteiger partial charge in [0.2, 0.25) is 5.91 Å². The second kappa shape index (κ2) is 6.15. The van der Waals surface area contributed by atoms with Crippen molar-refractivity contribution in [3.63, 3.8) is 0 Å². The molecule has 0 saturated carbocycles. The average Bonchev–Trinajstić information content (AvgIpc) is 3.12. The lowest BCUT2D eigenvalue weighted by molar-refractivity contribution is 0.0998. The Morgan fingerprint density at radius 1 is 1.24 bits per heavy atom. The van der Waals surface area contributed by atoms with Gasteiger partial charge in [0.1, 0.15) is 5.82 Å². The fourth-order valence-electron chi connectivity index (χ4n) is 4.43. The van der Waals surface area contributed by atoms with Crippen LogP contribution < -0.4 is 10.6 Å². The van der Waals surface area contributed by atoms with Gasteiger partial charge in [0.25, 0.3) is 0 Å². The minimum atomic E-state index is -0.493. The van der Waals surface area contributed by atoms with Crippen LogP contribution in [0.25, 0.3) is 10.9 Å². The van der Waals surface area contributed by atoms with Crippen molar-refractivity contribution in [3.05, 3.63) is 58.4 Å². The number of primary amides is 1. The molecule has 5 rings (SSSR count). The molecule has 0 bridgehead atoms. The number of aromatic nitrogens is 2. The van der Waals surface area contributed by atoms with Crippen LogP contribution in [0.1, 0.15) is 51.4 Å². The molecule has 148 valence electrons. The minimum absolute atomic E-state index is 0.0478. The number of nitrogens with one attached hydrogen (secondary N) is 1. The van der Waals surface area contributed by atoms with Crippen LogP contribution >= 0.6 is 0 Å². The Morgan fingerprint density at radius 3 is 2.72 bits per heavy atom. The van der Waals surface area contributed by atoms with E-state index in [9.17, 15) is 9.59 Å². The largest absolute Gasteiger partial charge is 0.378 e. The molecule has 1 fully saturated rings. The molecule has 7 nitrogen and oxygen atoms in total. The van der Waals surface area contributed by atoms with E-state index in [0.29, 0.717) is 29.9 Å². The standard InChI is InChI=1S/C22H22N4O3/c1-22(2)15-10-17(26-5-7-29-8-6-26)24-11-14(15)19(27)18-13-4-3-12(21(23)28)9-16(13)25-20(18)22/h3-4,9-11,25H,5-8H2,1-2H3,(H2,23,28). The van der Waals surface area contributed by atoms with E-state index in [1.165, 1.54) is 0 Å². The van der Waals surface area contributed by atoms with Gasteiger partial charge >= 0.3 is 0 Å². The Labute approximate surface area is 167 Å². The van der Waals surface area contributed by atoms with Crippen molar-refractivity contribution in [2.24, 2.45) is 5.73 Å². The normalized spacial score (nSPS) is 17.9. The summed E-state index contributed by atoms with van der Waals surface area (Å²) in [5, 5.41) is 0.797. The molecule has 3 N–H and O–H groups in total. The number of ether oxygens (including phenoxy) is 1. The Bertz CT molecular complexity index is 1170. The number of H-pyrrole nitrogens is 1. The van der Waals surface area contributed by atoms with Gasteiger partial charge in [0, 0.05) is 52.4 Å². The Balaban J connectivity index is 1.68. The molecule has 0 spiro atoms. The molecule has 0 atom stereocenters.